The van der Waals surface area contributed by atoms with Gasteiger partial charge in [-0.1, -0.05) is 18.2 Å². The van der Waals surface area contributed by atoms with E-state index in [1.165, 1.54) is 47.4 Å². The van der Waals surface area contributed by atoms with Crippen LogP contribution in [-0.4, -0.2) is 50.5 Å². The zero-order valence-electron chi connectivity index (χ0n) is 18.1. The minimum atomic E-state index is -4.04. The van der Waals surface area contributed by atoms with E-state index >= 15 is 0 Å². The highest BCUT2D eigenvalue weighted by Gasteiger charge is 2.24. The Morgan fingerprint density at radius 2 is 1.79 bits per heavy atom. The summed E-state index contributed by atoms with van der Waals surface area (Å²) in [6, 6.07) is 17.9. The molecule has 1 atom stereocenters. The molecule has 0 saturated heterocycles. The first kappa shape index (κ1) is 23.1. The average molecular weight is 484 g/mol. The summed E-state index contributed by atoms with van der Waals surface area (Å²) in [5.41, 5.74) is 0.243. The van der Waals surface area contributed by atoms with E-state index in [4.69, 9.17) is 9.47 Å². The van der Waals surface area contributed by atoms with E-state index in [0.29, 0.717) is 30.2 Å². The van der Waals surface area contributed by atoms with Gasteiger partial charge in [-0.15, -0.1) is 0 Å². The first-order valence-electron chi connectivity index (χ1n) is 10.2. The molecule has 1 N–H and O–H groups in total. The average Bonchev–Trinajstić information content (AvgIpc) is 2.84. The highest BCUT2D eigenvalue weighted by Crippen LogP contribution is 2.31. The molecule has 1 aliphatic heterocycles. The van der Waals surface area contributed by atoms with Gasteiger partial charge in [0.05, 0.1) is 16.4 Å². The Bertz CT molecular complexity index is 1330. The van der Waals surface area contributed by atoms with Crippen LogP contribution in [0, 0.1) is 10.1 Å². The fraction of sp³-hybridized carbons (Fsp3) is 0.174. The van der Waals surface area contributed by atoms with Gasteiger partial charge in [-0.2, -0.15) is 0 Å². The van der Waals surface area contributed by atoms with Crippen LogP contribution in [0.4, 0.5) is 11.4 Å². The number of amides is 1. The second-order valence-electron chi connectivity index (χ2n) is 7.62. The smallest absolute Gasteiger partial charge is 0.270 e. The molecule has 3 aromatic carbocycles. The van der Waals surface area contributed by atoms with Gasteiger partial charge in [0.15, 0.2) is 17.6 Å². The van der Waals surface area contributed by atoms with Gasteiger partial charge in [-0.05, 0) is 42.5 Å². The van der Waals surface area contributed by atoms with Crippen molar-refractivity contribution in [3.8, 4) is 11.5 Å². The number of nitro benzene ring substituents is 1. The number of hydrogen-bond acceptors (Lipinski definition) is 7. The molecule has 0 aromatic heterocycles. The molecule has 10 nitrogen and oxygen atoms in total. The third kappa shape index (κ3) is 5.09. The lowest BCUT2D eigenvalue weighted by Crippen LogP contribution is -2.41. The largest absolute Gasteiger partial charge is 0.486 e. The van der Waals surface area contributed by atoms with E-state index in [1.807, 2.05) is 18.2 Å². The molecule has 4 rings (SSSR count). The molecule has 1 aliphatic rings. The summed E-state index contributed by atoms with van der Waals surface area (Å²) in [6.07, 6.45) is -0.329. The normalized spacial score (nSPS) is 14.8. The zero-order valence-corrected chi connectivity index (χ0v) is 18.9. The van der Waals surface area contributed by atoms with Crippen molar-refractivity contribution in [3.05, 3.63) is 88.5 Å². The second-order valence-corrected chi connectivity index (χ2v) is 9.30. The van der Waals surface area contributed by atoms with Crippen LogP contribution in [0.15, 0.2) is 77.7 Å². The number of anilines is 1. The second kappa shape index (κ2) is 9.40. The van der Waals surface area contributed by atoms with Crippen LogP contribution in [0.1, 0.15) is 10.4 Å². The standard InChI is InChI=1S/C23H21N3O7S/c1-25(14-19-15-32-21-7-2-3-8-22(21)33-19)23(27)16-9-11-17(12-10-16)24-34(30,31)20-6-4-5-18(13-20)26(28)29/h2-13,19,24H,14-15H2,1H3. The van der Waals surface area contributed by atoms with Gasteiger partial charge in [0.25, 0.3) is 21.6 Å². The first-order chi connectivity index (χ1) is 16.2. The molecular weight excluding hydrogens is 462 g/mol. The Kier molecular flexibility index (Phi) is 6.37. The minimum absolute atomic E-state index is 0.214. The van der Waals surface area contributed by atoms with Gasteiger partial charge in [-0.3, -0.25) is 19.6 Å². The molecule has 0 fully saturated rings. The number of rotatable bonds is 7. The third-order valence-corrected chi connectivity index (χ3v) is 6.49. The summed E-state index contributed by atoms with van der Waals surface area (Å²) in [7, 11) is -2.40. The summed E-state index contributed by atoms with van der Waals surface area (Å²) in [5, 5.41) is 10.9. The number of carbonyl (C=O) groups excluding carboxylic acids is 1. The summed E-state index contributed by atoms with van der Waals surface area (Å²) < 4.78 is 39.1. The van der Waals surface area contributed by atoms with Crippen LogP contribution in [0.3, 0.4) is 0 Å². The van der Waals surface area contributed by atoms with E-state index < -0.39 is 14.9 Å². The molecule has 1 unspecified atom stereocenters. The van der Waals surface area contributed by atoms with Crippen LogP contribution in [0.5, 0.6) is 11.5 Å². The van der Waals surface area contributed by atoms with Crippen molar-refractivity contribution in [1.29, 1.82) is 0 Å². The lowest BCUT2D eigenvalue weighted by molar-refractivity contribution is -0.385. The molecule has 0 radical (unpaired) electrons. The zero-order chi connectivity index (χ0) is 24.3. The number of likely N-dealkylation sites (N-methyl/N-ethyl adjacent to an activating group) is 1. The molecular formula is C23H21N3O7S. The molecule has 3 aromatic rings. The third-order valence-electron chi connectivity index (χ3n) is 5.11. The maximum absolute atomic E-state index is 12.8. The minimum Gasteiger partial charge on any atom is -0.486 e. The van der Waals surface area contributed by atoms with Gasteiger partial charge < -0.3 is 14.4 Å². The van der Waals surface area contributed by atoms with Gasteiger partial charge in [0.2, 0.25) is 0 Å². The predicted octanol–water partition coefficient (Wildman–Crippen LogP) is 3.31. The molecule has 1 amide bonds. The van der Waals surface area contributed by atoms with E-state index in [-0.39, 0.29) is 28.3 Å². The highest BCUT2D eigenvalue weighted by molar-refractivity contribution is 7.92. The first-order valence-corrected chi connectivity index (χ1v) is 11.7. The van der Waals surface area contributed by atoms with Gasteiger partial charge in [-0.25, -0.2) is 8.42 Å². The Labute approximate surface area is 195 Å². The fourth-order valence-corrected chi connectivity index (χ4v) is 4.52. The van der Waals surface area contributed by atoms with Crippen molar-refractivity contribution in [2.24, 2.45) is 0 Å². The van der Waals surface area contributed by atoms with Gasteiger partial charge in [0, 0.05) is 30.4 Å². The maximum Gasteiger partial charge on any atom is 0.270 e. The number of non-ortho nitro benzene ring substituents is 1. The van der Waals surface area contributed by atoms with Crippen molar-refractivity contribution in [2.75, 3.05) is 24.9 Å². The van der Waals surface area contributed by atoms with Crippen molar-refractivity contribution in [1.82, 2.24) is 4.90 Å². The molecule has 1 heterocycles. The lowest BCUT2D eigenvalue weighted by Gasteiger charge is -2.29. The van der Waals surface area contributed by atoms with Crippen LogP contribution < -0.4 is 14.2 Å². The van der Waals surface area contributed by atoms with Crippen LogP contribution in [-0.2, 0) is 10.0 Å². The predicted molar refractivity (Wildman–Crippen MR) is 124 cm³/mol. The topological polar surface area (TPSA) is 128 Å². The van der Waals surface area contributed by atoms with E-state index in [1.54, 1.807) is 13.1 Å². The molecule has 34 heavy (non-hydrogen) atoms. The summed E-state index contributed by atoms with van der Waals surface area (Å²) in [5.74, 6) is 1.02. The number of benzene rings is 3. The number of nitro groups is 1. The summed E-state index contributed by atoms with van der Waals surface area (Å²) in [4.78, 5) is 24.3. The van der Waals surface area contributed by atoms with Crippen molar-refractivity contribution < 1.29 is 27.6 Å². The molecule has 176 valence electrons. The van der Waals surface area contributed by atoms with Crippen LogP contribution >= 0.6 is 0 Å². The van der Waals surface area contributed by atoms with E-state index in [0.717, 1.165) is 6.07 Å². The van der Waals surface area contributed by atoms with Crippen molar-refractivity contribution in [3.63, 3.8) is 0 Å². The Hall–Kier alpha value is -4.12. The Balaban J connectivity index is 1.39. The number of sulfonamides is 1. The summed E-state index contributed by atoms with van der Waals surface area (Å²) >= 11 is 0. The number of fused-ring (bicyclic) bond motifs is 1. The van der Waals surface area contributed by atoms with E-state index in [9.17, 15) is 23.3 Å². The quantitative estimate of drug-likeness (QED) is 0.403. The monoisotopic (exact) mass is 483 g/mol. The van der Waals surface area contributed by atoms with Crippen LogP contribution in [0.25, 0.3) is 0 Å². The Morgan fingerprint density at radius 3 is 2.50 bits per heavy atom. The van der Waals surface area contributed by atoms with Crippen molar-refractivity contribution >= 4 is 27.3 Å². The maximum atomic E-state index is 12.8. The molecule has 0 spiro atoms. The van der Waals surface area contributed by atoms with Crippen LogP contribution in [0.2, 0.25) is 0 Å². The molecule has 0 aliphatic carbocycles. The number of hydrogen-bond donors (Lipinski definition) is 1. The number of carbonyl (C=O) groups is 1. The van der Waals surface area contributed by atoms with Gasteiger partial charge in [0.1, 0.15) is 6.61 Å². The Morgan fingerprint density at radius 1 is 1.09 bits per heavy atom. The molecule has 0 saturated carbocycles. The highest BCUT2D eigenvalue weighted by atomic mass is 32.2. The molecule has 11 heteroatoms. The van der Waals surface area contributed by atoms with Gasteiger partial charge >= 0.3 is 0 Å². The number of para-hydroxylation sites is 2. The SMILES string of the molecule is CN(CC1COc2ccccc2O1)C(=O)c1ccc(NS(=O)(=O)c2cccc([N+](=O)[O-])c2)cc1. The summed E-state index contributed by atoms with van der Waals surface area (Å²) in [6.45, 7) is 0.612. The lowest BCUT2D eigenvalue weighted by atomic mass is 10.2. The number of nitrogens with one attached hydrogen (secondary N) is 1. The number of nitrogens with zero attached hydrogens (tertiary/aromatic N) is 2. The van der Waals surface area contributed by atoms with Crippen molar-refractivity contribution in [2.45, 2.75) is 11.0 Å². The van der Waals surface area contributed by atoms with E-state index in [2.05, 4.69) is 4.72 Å². The molecule has 0 bridgehead atoms. The number of ether oxygens (including phenoxy) is 2. The fourth-order valence-electron chi connectivity index (χ4n) is 3.42.